The van der Waals surface area contributed by atoms with Gasteiger partial charge in [0.15, 0.2) is 6.29 Å². The van der Waals surface area contributed by atoms with Gasteiger partial charge in [0, 0.05) is 19.9 Å². The molecule has 1 N–H and O–H groups in total. The van der Waals surface area contributed by atoms with Crippen LogP contribution in [0.4, 0.5) is 0 Å². The van der Waals surface area contributed by atoms with Crippen molar-refractivity contribution in [1.82, 2.24) is 9.13 Å². The lowest BCUT2D eigenvalue weighted by Gasteiger charge is -2.18. The molecule has 0 saturated heterocycles. The highest BCUT2D eigenvalue weighted by Gasteiger charge is 2.26. The second-order valence-electron chi connectivity index (χ2n) is 8.87. The highest BCUT2D eigenvalue weighted by molar-refractivity contribution is 5.95. The molecule has 7 heteroatoms. The third-order valence-corrected chi connectivity index (χ3v) is 6.46. The van der Waals surface area contributed by atoms with E-state index in [0.29, 0.717) is 25.1 Å². The molecular formula is C30H32N2O5. The van der Waals surface area contributed by atoms with E-state index in [9.17, 15) is 14.7 Å². The maximum atomic E-state index is 13.8. The van der Waals surface area contributed by atoms with E-state index in [1.807, 2.05) is 60.7 Å². The fourth-order valence-corrected chi connectivity index (χ4v) is 4.72. The van der Waals surface area contributed by atoms with Gasteiger partial charge in [-0.05, 0) is 34.7 Å². The second-order valence-corrected chi connectivity index (χ2v) is 8.87. The molecule has 0 atom stereocenters. The molecule has 0 bridgehead atoms. The lowest BCUT2D eigenvalue weighted by Crippen LogP contribution is -2.27. The van der Waals surface area contributed by atoms with Crippen LogP contribution in [0.2, 0.25) is 0 Å². The fourth-order valence-electron chi connectivity index (χ4n) is 4.72. The molecule has 0 saturated carbocycles. The summed E-state index contributed by atoms with van der Waals surface area (Å²) in [6.45, 7) is 2.87. The standard InChI is InChI=1S/C30H32N2O5/c1-4-10-26-27(29(36-2)37-3)32(20-21-11-6-5-7-12-21)30(35)31(26)19-22-15-17-23(18-16-22)24-13-8-9-14-25(24)28(33)34/h5-9,11-18,29H,4,10,19-20H2,1-3H3,(H,33,34). The van der Waals surface area contributed by atoms with E-state index in [-0.39, 0.29) is 11.3 Å². The van der Waals surface area contributed by atoms with Crippen LogP contribution in [0.25, 0.3) is 11.1 Å². The lowest BCUT2D eigenvalue weighted by molar-refractivity contribution is -0.111. The molecule has 0 fully saturated rings. The number of rotatable bonds is 11. The van der Waals surface area contributed by atoms with Crippen LogP contribution in [0.5, 0.6) is 0 Å². The zero-order valence-corrected chi connectivity index (χ0v) is 21.4. The summed E-state index contributed by atoms with van der Waals surface area (Å²) in [5.74, 6) is -0.964. The maximum absolute atomic E-state index is 13.8. The van der Waals surface area contributed by atoms with E-state index in [1.165, 1.54) is 0 Å². The van der Waals surface area contributed by atoms with Crippen molar-refractivity contribution >= 4 is 5.97 Å². The predicted molar refractivity (Wildman–Crippen MR) is 143 cm³/mol. The van der Waals surface area contributed by atoms with Gasteiger partial charge in [-0.2, -0.15) is 0 Å². The highest BCUT2D eigenvalue weighted by atomic mass is 16.7. The van der Waals surface area contributed by atoms with Gasteiger partial charge in [-0.25, -0.2) is 9.59 Å². The van der Waals surface area contributed by atoms with Crippen LogP contribution >= 0.6 is 0 Å². The van der Waals surface area contributed by atoms with Crippen molar-refractivity contribution < 1.29 is 19.4 Å². The molecule has 1 heterocycles. The van der Waals surface area contributed by atoms with Gasteiger partial charge in [-0.15, -0.1) is 0 Å². The Bertz CT molecular complexity index is 1400. The summed E-state index contributed by atoms with van der Waals surface area (Å²) >= 11 is 0. The lowest BCUT2D eigenvalue weighted by atomic mass is 9.99. The molecule has 3 aromatic carbocycles. The Labute approximate surface area is 216 Å². The summed E-state index contributed by atoms with van der Waals surface area (Å²) in [6.07, 6.45) is 0.876. The molecule has 192 valence electrons. The minimum Gasteiger partial charge on any atom is -0.478 e. The summed E-state index contributed by atoms with van der Waals surface area (Å²) in [6, 6.07) is 24.5. The van der Waals surface area contributed by atoms with Gasteiger partial charge in [-0.1, -0.05) is 86.1 Å². The molecule has 0 spiro atoms. The van der Waals surface area contributed by atoms with Crippen molar-refractivity contribution in [3.63, 3.8) is 0 Å². The van der Waals surface area contributed by atoms with Crippen molar-refractivity contribution in [3.05, 3.63) is 117 Å². The first-order chi connectivity index (χ1) is 18.0. The minimum atomic E-state index is -0.964. The van der Waals surface area contributed by atoms with E-state index in [0.717, 1.165) is 34.5 Å². The molecule has 0 unspecified atom stereocenters. The van der Waals surface area contributed by atoms with Gasteiger partial charge in [0.1, 0.15) is 0 Å². The van der Waals surface area contributed by atoms with Gasteiger partial charge in [0.25, 0.3) is 0 Å². The number of nitrogens with zero attached hydrogens (tertiary/aromatic N) is 2. The third kappa shape index (κ3) is 5.58. The summed E-state index contributed by atoms with van der Waals surface area (Å²) < 4.78 is 14.8. The first-order valence-electron chi connectivity index (χ1n) is 12.3. The molecule has 37 heavy (non-hydrogen) atoms. The van der Waals surface area contributed by atoms with Crippen molar-refractivity contribution in [3.8, 4) is 11.1 Å². The van der Waals surface area contributed by atoms with Crippen LogP contribution in [0.1, 0.15) is 52.5 Å². The molecular weight excluding hydrogens is 468 g/mol. The van der Waals surface area contributed by atoms with Crippen LogP contribution in [-0.2, 0) is 29.0 Å². The van der Waals surface area contributed by atoms with Crippen LogP contribution in [0.15, 0.2) is 83.7 Å². The van der Waals surface area contributed by atoms with Crippen molar-refractivity contribution in [2.75, 3.05) is 14.2 Å². The molecule has 0 aliphatic carbocycles. The zero-order chi connectivity index (χ0) is 26.4. The SMILES string of the molecule is CCCc1c(C(OC)OC)n(Cc2ccccc2)c(=O)n1Cc1ccc(-c2ccccc2C(=O)O)cc1. The van der Waals surface area contributed by atoms with E-state index in [2.05, 4.69) is 6.92 Å². The first-order valence-corrected chi connectivity index (χ1v) is 12.3. The Morgan fingerprint density at radius 1 is 0.838 bits per heavy atom. The molecule has 1 aromatic heterocycles. The summed E-state index contributed by atoms with van der Waals surface area (Å²) in [7, 11) is 3.15. The monoisotopic (exact) mass is 500 g/mol. The third-order valence-electron chi connectivity index (χ3n) is 6.46. The molecule has 7 nitrogen and oxygen atoms in total. The Balaban J connectivity index is 1.75. The number of benzene rings is 3. The molecule has 0 amide bonds. The number of aromatic nitrogens is 2. The Hall–Kier alpha value is -3.94. The first kappa shape index (κ1) is 26.1. The number of carboxylic acids is 1. The highest BCUT2D eigenvalue weighted by Crippen LogP contribution is 2.26. The molecule has 4 aromatic rings. The van der Waals surface area contributed by atoms with Crippen LogP contribution in [0, 0.1) is 0 Å². The quantitative estimate of drug-likeness (QED) is 0.281. The van der Waals surface area contributed by atoms with Gasteiger partial charge < -0.3 is 14.6 Å². The number of aromatic carboxylic acids is 1. The fraction of sp³-hybridized carbons (Fsp3) is 0.267. The zero-order valence-electron chi connectivity index (χ0n) is 21.4. The maximum Gasteiger partial charge on any atom is 0.336 e. The largest absolute Gasteiger partial charge is 0.478 e. The van der Waals surface area contributed by atoms with Gasteiger partial charge >= 0.3 is 11.7 Å². The number of ether oxygens (including phenoxy) is 2. The molecule has 0 aliphatic heterocycles. The average molecular weight is 501 g/mol. The number of hydrogen-bond acceptors (Lipinski definition) is 4. The van der Waals surface area contributed by atoms with Crippen LogP contribution in [-0.4, -0.2) is 34.4 Å². The van der Waals surface area contributed by atoms with Crippen molar-refractivity contribution in [2.45, 2.75) is 39.1 Å². The van der Waals surface area contributed by atoms with E-state index in [1.54, 1.807) is 41.6 Å². The Morgan fingerprint density at radius 3 is 2.05 bits per heavy atom. The number of carbonyl (C=O) groups is 1. The normalized spacial score (nSPS) is 11.2. The second kappa shape index (κ2) is 11.9. The summed E-state index contributed by atoms with van der Waals surface area (Å²) in [5, 5.41) is 9.55. The summed E-state index contributed by atoms with van der Waals surface area (Å²) in [4.78, 5) is 25.4. The minimum absolute atomic E-state index is 0.123. The molecule has 0 radical (unpaired) electrons. The van der Waals surface area contributed by atoms with E-state index in [4.69, 9.17) is 9.47 Å². The number of imidazole rings is 1. The van der Waals surface area contributed by atoms with Crippen LogP contribution < -0.4 is 5.69 Å². The van der Waals surface area contributed by atoms with E-state index >= 15 is 0 Å². The smallest absolute Gasteiger partial charge is 0.336 e. The molecule has 4 rings (SSSR count). The molecule has 0 aliphatic rings. The predicted octanol–water partition coefficient (Wildman–Crippen LogP) is 5.36. The van der Waals surface area contributed by atoms with Crippen molar-refractivity contribution in [2.24, 2.45) is 0 Å². The van der Waals surface area contributed by atoms with Crippen molar-refractivity contribution in [1.29, 1.82) is 0 Å². The number of methoxy groups -OCH3 is 2. The topological polar surface area (TPSA) is 82.7 Å². The Kier molecular flexibility index (Phi) is 8.38. The van der Waals surface area contributed by atoms with E-state index < -0.39 is 12.3 Å². The number of carboxylic acid groups (broad SMARTS) is 1. The van der Waals surface area contributed by atoms with Crippen LogP contribution in [0.3, 0.4) is 0 Å². The number of hydrogen-bond donors (Lipinski definition) is 1. The van der Waals surface area contributed by atoms with Gasteiger partial charge in [0.2, 0.25) is 0 Å². The van der Waals surface area contributed by atoms with Gasteiger partial charge in [-0.3, -0.25) is 9.13 Å². The average Bonchev–Trinajstić information content (AvgIpc) is 3.16. The van der Waals surface area contributed by atoms with Gasteiger partial charge in [0.05, 0.1) is 24.3 Å². The summed E-state index contributed by atoms with van der Waals surface area (Å²) in [5.41, 5.74) is 5.16. The Morgan fingerprint density at radius 2 is 1.43 bits per heavy atom.